The van der Waals surface area contributed by atoms with Gasteiger partial charge in [0.15, 0.2) is 10.6 Å². The van der Waals surface area contributed by atoms with Crippen molar-refractivity contribution in [3.63, 3.8) is 0 Å². The van der Waals surface area contributed by atoms with Crippen LogP contribution in [0.2, 0.25) is 0 Å². The lowest BCUT2D eigenvalue weighted by Gasteiger charge is -2.13. The molecule has 90 valence electrons. The maximum absolute atomic E-state index is 11.7. The van der Waals surface area contributed by atoms with E-state index in [1.807, 2.05) is 17.5 Å². The monoisotopic (exact) mass is 268 g/mol. The summed E-state index contributed by atoms with van der Waals surface area (Å²) in [6.45, 7) is 1.79. The van der Waals surface area contributed by atoms with E-state index in [1.54, 1.807) is 29.9 Å². The van der Waals surface area contributed by atoms with Crippen LogP contribution in [0.15, 0.2) is 17.5 Å². The summed E-state index contributed by atoms with van der Waals surface area (Å²) in [5.41, 5.74) is 0. The molecule has 17 heavy (non-hydrogen) atoms. The predicted molar refractivity (Wildman–Crippen MR) is 69.5 cm³/mol. The average Bonchev–Trinajstić information content (AvgIpc) is 2.95. The summed E-state index contributed by atoms with van der Waals surface area (Å²) in [5, 5.41) is 11.5. The first-order valence-electron chi connectivity index (χ1n) is 5.07. The lowest BCUT2D eigenvalue weighted by atomic mass is 10.3. The van der Waals surface area contributed by atoms with Gasteiger partial charge in [-0.1, -0.05) is 6.07 Å². The number of aromatic amines is 1. The van der Waals surface area contributed by atoms with Crippen molar-refractivity contribution >= 4 is 29.5 Å². The van der Waals surface area contributed by atoms with Crippen LogP contribution < -0.4 is 5.32 Å². The molecule has 2 aromatic rings. The predicted octanol–water partition coefficient (Wildman–Crippen LogP) is 1.98. The summed E-state index contributed by atoms with van der Waals surface area (Å²) in [7, 11) is 1.60. The van der Waals surface area contributed by atoms with Crippen LogP contribution in [-0.4, -0.2) is 27.7 Å². The van der Waals surface area contributed by atoms with E-state index in [0.717, 1.165) is 4.88 Å². The molecule has 0 aliphatic carbocycles. The molecule has 0 fully saturated rings. The third-order valence-corrected chi connectivity index (χ3v) is 3.61. The number of amides is 1. The van der Waals surface area contributed by atoms with Crippen molar-refractivity contribution in [3.8, 4) is 10.7 Å². The number of carbonyl (C=O) groups excluding carboxylic acids is 1. The van der Waals surface area contributed by atoms with Gasteiger partial charge in [-0.3, -0.25) is 14.5 Å². The van der Waals surface area contributed by atoms with E-state index in [1.165, 1.54) is 0 Å². The van der Waals surface area contributed by atoms with Gasteiger partial charge in [-0.25, -0.2) is 0 Å². The van der Waals surface area contributed by atoms with Crippen LogP contribution in [0.3, 0.4) is 0 Å². The van der Waals surface area contributed by atoms with Crippen molar-refractivity contribution < 1.29 is 4.79 Å². The fourth-order valence-corrected chi connectivity index (χ4v) is 2.57. The zero-order valence-electron chi connectivity index (χ0n) is 9.43. The Morgan fingerprint density at radius 1 is 1.71 bits per heavy atom. The summed E-state index contributed by atoms with van der Waals surface area (Å²) in [4.78, 5) is 12.6. The van der Waals surface area contributed by atoms with Gasteiger partial charge in [0.1, 0.15) is 6.04 Å². The molecule has 5 nitrogen and oxygen atoms in total. The summed E-state index contributed by atoms with van der Waals surface area (Å²) < 4.78 is 2.17. The van der Waals surface area contributed by atoms with Crippen LogP contribution in [0, 0.1) is 4.77 Å². The lowest BCUT2D eigenvalue weighted by molar-refractivity contribution is -0.123. The van der Waals surface area contributed by atoms with Crippen LogP contribution >= 0.6 is 23.6 Å². The highest BCUT2D eigenvalue weighted by Crippen LogP contribution is 2.25. The van der Waals surface area contributed by atoms with Gasteiger partial charge in [0, 0.05) is 7.05 Å². The Morgan fingerprint density at radius 3 is 3.06 bits per heavy atom. The molecule has 0 radical (unpaired) electrons. The van der Waals surface area contributed by atoms with Gasteiger partial charge in [0.2, 0.25) is 5.91 Å². The van der Waals surface area contributed by atoms with Crippen molar-refractivity contribution in [3.05, 3.63) is 22.3 Å². The minimum Gasteiger partial charge on any atom is -0.357 e. The van der Waals surface area contributed by atoms with E-state index in [0.29, 0.717) is 10.6 Å². The van der Waals surface area contributed by atoms with Gasteiger partial charge in [-0.2, -0.15) is 5.10 Å². The first-order valence-corrected chi connectivity index (χ1v) is 6.36. The molecule has 2 aromatic heterocycles. The zero-order valence-corrected chi connectivity index (χ0v) is 11.1. The average molecular weight is 268 g/mol. The molecule has 0 saturated heterocycles. The minimum absolute atomic E-state index is 0.0969. The van der Waals surface area contributed by atoms with Crippen molar-refractivity contribution in [1.82, 2.24) is 20.1 Å². The van der Waals surface area contributed by atoms with E-state index in [9.17, 15) is 4.79 Å². The number of hydrogen-bond donors (Lipinski definition) is 2. The first-order chi connectivity index (χ1) is 8.15. The Kier molecular flexibility index (Phi) is 3.39. The second kappa shape index (κ2) is 4.80. The number of carbonyl (C=O) groups is 1. The molecular weight excluding hydrogens is 256 g/mol. The highest BCUT2D eigenvalue weighted by Gasteiger charge is 2.19. The number of likely N-dealkylation sites (N-methyl/N-ethyl adjacent to an activating group) is 1. The molecule has 0 saturated carbocycles. The molecule has 7 heteroatoms. The molecule has 1 atom stereocenters. The normalized spacial score (nSPS) is 12.4. The second-order valence-electron chi connectivity index (χ2n) is 3.49. The maximum atomic E-state index is 11.7. The summed E-state index contributed by atoms with van der Waals surface area (Å²) in [6.07, 6.45) is 0. The van der Waals surface area contributed by atoms with Crippen LogP contribution in [0.4, 0.5) is 0 Å². The van der Waals surface area contributed by atoms with Crippen molar-refractivity contribution in [2.45, 2.75) is 13.0 Å². The van der Waals surface area contributed by atoms with E-state index in [4.69, 9.17) is 12.2 Å². The van der Waals surface area contributed by atoms with Crippen molar-refractivity contribution in [2.75, 3.05) is 7.05 Å². The number of nitrogens with one attached hydrogen (secondary N) is 2. The molecule has 0 aliphatic rings. The van der Waals surface area contributed by atoms with Crippen LogP contribution in [0.25, 0.3) is 10.7 Å². The zero-order chi connectivity index (χ0) is 12.4. The third kappa shape index (κ3) is 2.16. The fraction of sp³-hybridized carbons (Fsp3) is 0.300. The molecule has 0 aliphatic heterocycles. The van der Waals surface area contributed by atoms with E-state index < -0.39 is 0 Å². The first kappa shape index (κ1) is 12.0. The number of nitrogens with zero attached hydrogens (tertiary/aromatic N) is 2. The fourth-order valence-electron chi connectivity index (χ4n) is 1.57. The molecule has 2 N–H and O–H groups in total. The van der Waals surface area contributed by atoms with Gasteiger partial charge in [0.25, 0.3) is 0 Å². The minimum atomic E-state index is -0.386. The van der Waals surface area contributed by atoms with Crippen molar-refractivity contribution in [1.29, 1.82) is 0 Å². The molecular formula is C10H12N4OS2. The van der Waals surface area contributed by atoms with Gasteiger partial charge < -0.3 is 5.32 Å². The molecule has 2 heterocycles. The number of H-pyrrole nitrogens is 1. The number of hydrogen-bond acceptors (Lipinski definition) is 4. The number of rotatable bonds is 3. The van der Waals surface area contributed by atoms with Crippen LogP contribution in [-0.2, 0) is 4.79 Å². The Labute approximate surface area is 107 Å². The SMILES string of the molecule is CNC(=O)C(C)n1c(-c2cccs2)n[nH]c1=S. The molecule has 0 bridgehead atoms. The Hall–Kier alpha value is -1.47. The Balaban J connectivity index is 2.50. The van der Waals surface area contributed by atoms with Crippen LogP contribution in [0.5, 0.6) is 0 Å². The van der Waals surface area contributed by atoms with E-state index in [-0.39, 0.29) is 11.9 Å². The molecule has 1 amide bonds. The largest absolute Gasteiger partial charge is 0.357 e. The van der Waals surface area contributed by atoms with Crippen LogP contribution in [0.1, 0.15) is 13.0 Å². The lowest BCUT2D eigenvalue weighted by Crippen LogP contribution is -2.28. The topological polar surface area (TPSA) is 62.7 Å². The standard InChI is InChI=1S/C10H12N4OS2/c1-6(9(15)11-2)14-8(12-13-10(14)16)7-4-3-5-17-7/h3-6H,1-2H3,(H,11,15)(H,13,16). The number of thiophene rings is 1. The maximum Gasteiger partial charge on any atom is 0.242 e. The number of aromatic nitrogens is 3. The highest BCUT2D eigenvalue weighted by atomic mass is 32.1. The van der Waals surface area contributed by atoms with E-state index >= 15 is 0 Å². The molecule has 0 aromatic carbocycles. The smallest absolute Gasteiger partial charge is 0.242 e. The molecule has 0 spiro atoms. The molecule has 2 rings (SSSR count). The van der Waals surface area contributed by atoms with Gasteiger partial charge in [-0.15, -0.1) is 11.3 Å². The van der Waals surface area contributed by atoms with Gasteiger partial charge in [-0.05, 0) is 30.6 Å². The quantitative estimate of drug-likeness (QED) is 0.837. The second-order valence-corrected chi connectivity index (χ2v) is 4.82. The highest BCUT2D eigenvalue weighted by molar-refractivity contribution is 7.71. The van der Waals surface area contributed by atoms with E-state index in [2.05, 4.69) is 15.5 Å². The third-order valence-electron chi connectivity index (χ3n) is 2.46. The van der Waals surface area contributed by atoms with Crippen molar-refractivity contribution in [2.24, 2.45) is 0 Å². The summed E-state index contributed by atoms with van der Waals surface area (Å²) >= 11 is 6.72. The summed E-state index contributed by atoms with van der Waals surface area (Å²) in [6, 6.07) is 3.50. The Morgan fingerprint density at radius 2 is 2.47 bits per heavy atom. The van der Waals surface area contributed by atoms with Gasteiger partial charge in [0.05, 0.1) is 4.88 Å². The molecule has 1 unspecified atom stereocenters. The van der Waals surface area contributed by atoms with Gasteiger partial charge >= 0.3 is 0 Å². The summed E-state index contributed by atoms with van der Waals surface area (Å²) in [5.74, 6) is 0.599. The Bertz CT molecular complexity index is 569.